The van der Waals surface area contributed by atoms with Crippen molar-refractivity contribution in [2.75, 3.05) is 4.90 Å². The zero-order valence-corrected chi connectivity index (χ0v) is 30.8. The fourth-order valence-electron chi connectivity index (χ4n) is 9.02. The smallest absolute Gasteiger partial charge is 0.143 e. The van der Waals surface area contributed by atoms with Crippen molar-refractivity contribution < 1.29 is 4.42 Å². The van der Waals surface area contributed by atoms with Crippen LogP contribution >= 0.6 is 0 Å². The van der Waals surface area contributed by atoms with Crippen LogP contribution in [0.1, 0.15) is 25.0 Å². The fraction of sp³-hybridized carbons (Fsp3) is 0.0566. The van der Waals surface area contributed by atoms with Gasteiger partial charge < -0.3 is 9.32 Å². The van der Waals surface area contributed by atoms with Crippen molar-refractivity contribution in [1.82, 2.24) is 0 Å². The van der Waals surface area contributed by atoms with Gasteiger partial charge in [0.1, 0.15) is 11.2 Å². The van der Waals surface area contributed by atoms with Crippen LogP contribution in [0.3, 0.4) is 0 Å². The zero-order chi connectivity index (χ0) is 36.7. The summed E-state index contributed by atoms with van der Waals surface area (Å²) in [5.74, 6) is 0. The summed E-state index contributed by atoms with van der Waals surface area (Å²) >= 11 is 0. The number of furan rings is 1. The molecule has 2 heteroatoms. The van der Waals surface area contributed by atoms with Gasteiger partial charge in [-0.3, -0.25) is 0 Å². The number of hydrogen-bond donors (Lipinski definition) is 0. The summed E-state index contributed by atoms with van der Waals surface area (Å²) in [4.78, 5) is 2.44. The molecule has 0 aliphatic heterocycles. The average molecular weight is 704 g/mol. The Hall–Kier alpha value is -6.90. The van der Waals surface area contributed by atoms with Gasteiger partial charge in [-0.2, -0.15) is 0 Å². The highest BCUT2D eigenvalue weighted by Gasteiger charge is 2.36. The van der Waals surface area contributed by atoms with Crippen LogP contribution in [0.4, 0.5) is 17.1 Å². The zero-order valence-electron chi connectivity index (χ0n) is 30.8. The van der Waals surface area contributed by atoms with Crippen LogP contribution in [0.5, 0.6) is 0 Å². The van der Waals surface area contributed by atoms with E-state index in [0.717, 1.165) is 55.5 Å². The lowest BCUT2D eigenvalue weighted by molar-refractivity contribution is 0.660. The molecular formula is C53H37NO. The molecule has 0 bridgehead atoms. The molecule has 0 atom stereocenters. The number of rotatable bonds is 5. The molecule has 1 aliphatic carbocycles. The number of nitrogens with zero attached hydrogens (tertiary/aromatic N) is 1. The van der Waals surface area contributed by atoms with Crippen LogP contribution in [0.15, 0.2) is 192 Å². The maximum atomic E-state index is 6.44. The van der Waals surface area contributed by atoms with Crippen molar-refractivity contribution in [2.24, 2.45) is 0 Å². The molecule has 11 rings (SSSR count). The molecule has 1 heterocycles. The third-order valence-electron chi connectivity index (χ3n) is 11.9. The van der Waals surface area contributed by atoms with E-state index >= 15 is 0 Å². The molecule has 0 spiro atoms. The van der Waals surface area contributed by atoms with E-state index in [1.54, 1.807) is 0 Å². The molecule has 10 aromatic rings. The first-order chi connectivity index (χ1) is 27.0. The van der Waals surface area contributed by atoms with Gasteiger partial charge in [-0.15, -0.1) is 0 Å². The Morgan fingerprint density at radius 1 is 0.400 bits per heavy atom. The maximum Gasteiger partial charge on any atom is 0.143 e. The Labute approximate surface area is 320 Å². The number of para-hydroxylation sites is 1. The third kappa shape index (κ3) is 4.95. The molecule has 0 amide bonds. The molecule has 0 saturated carbocycles. The molecule has 2 nitrogen and oxygen atoms in total. The fourth-order valence-corrected chi connectivity index (χ4v) is 9.02. The Morgan fingerprint density at radius 3 is 1.93 bits per heavy atom. The average Bonchev–Trinajstić information content (AvgIpc) is 3.73. The Bertz CT molecular complexity index is 3130. The molecule has 9 aromatic carbocycles. The Morgan fingerprint density at radius 2 is 1.05 bits per heavy atom. The van der Waals surface area contributed by atoms with Gasteiger partial charge in [-0.1, -0.05) is 147 Å². The molecule has 0 radical (unpaired) electrons. The number of benzene rings is 9. The summed E-state index contributed by atoms with van der Waals surface area (Å²) in [5.41, 5.74) is 15.2. The van der Waals surface area contributed by atoms with E-state index < -0.39 is 0 Å². The summed E-state index contributed by atoms with van der Waals surface area (Å²) in [6.45, 7) is 4.71. The van der Waals surface area contributed by atoms with Crippen LogP contribution in [0.2, 0.25) is 0 Å². The second kappa shape index (κ2) is 12.1. The largest absolute Gasteiger partial charge is 0.455 e. The van der Waals surface area contributed by atoms with Crippen molar-refractivity contribution in [2.45, 2.75) is 19.3 Å². The second-order valence-electron chi connectivity index (χ2n) is 15.3. The standard InChI is InChI=1S/C53H37NO/c1-53(2)48-17-9-7-16-44(48)45-29-27-41(33-49(45)53)54(50-18-10-8-14-42(50)39-20-19-34-11-3-4-13-37(34)31-39)40-25-21-35(22-26-40)38-24-30-51-47(32-38)46-28-23-36-12-5-6-15-43(36)52(46)55-51/h3-33H,1-2H3. The van der Waals surface area contributed by atoms with Crippen LogP contribution < -0.4 is 4.90 Å². The van der Waals surface area contributed by atoms with E-state index in [4.69, 9.17) is 4.42 Å². The summed E-state index contributed by atoms with van der Waals surface area (Å²) in [6, 6.07) is 68.6. The molecule has 0 unspecified atom stereocenters. The predicted octanol–water partition coefficient (Wildman–Crippen LogP) is 15.0. The van der Waals surface area contributed by atoms with Gasteiger partial charge in [-0.25, -0.2) is 0 Å². The van der Waals surface area contributed by atoms with Gasteiger partial charge in [0.15, 0.2) is 0 Å². The van der Waals surface area contributed by atoms with Gasteiger partial charge >= 0.3 is 0 Å². The van der Waals surface area contributed by atoms with E-state index in [-0.39, 0.29) is 5.41 Å². The topological polar surface area (TPSA) is 16.4 Å². The molecule has 260 valence electrons. The summed E-state index contributed by atoms with van der Waals surface area (Å²) in [7, 11) is 0. The minimum atomic E-state index is -0.114. The lowest BCUT2D eigenvalue weighted by atomic mass is 9.82. The summed E-state index contributed by atoms with van der Waals surface area (Å²) in [6.07, 6.45) is 0. The first kappa shape index (κ1) is 31.6. The van der Waals surface area contributed by atoms with E-state index in [1.165, 1.54) is 49.5 Å². The van der Waals surface area contributed by atoms with E-state index in [0.29, 0.717) is 0 Å². The molecule has 0 N–H and O–H groups in total. The van der Waals surface area contributed by atoms with Crippen LogP contribution in [-0.2, 0) is 5.41 Å². The van der Waals surface area contributed by atoms with Gasteiger partial charge in [-0.05, 0) is 110 Å². The van der Waals surface area contributed by atoms with E-state index in [2.05, 4.69) is 207 Å². The Kier molecular flexibility index (Phi) is 6.93. The summed E-state index contributed by atoms with van der Waals surface area (Å²) in [5, 5.41) is 7.09. The second-order valence-corrected chi connectivity index (χ2v) is 15.3. The van der Waals surface area contributed by atoms with Crippen molar-refractivity contribution in [1.29, 1.82) is 0 Å². The molecule has 55 heavy (non-hydrogen) atoms. The first-order valence-corrected chi connectivity index (χ1v) is 19.1. The minimum absolute atomic E-state index is 0.114. The van der Waals surface area contributed by atoms with E-state index in [9.17, 15) is 0 Å². The van der Waals surface area contributed by atoms with Crippen molar-refractivity contribution in [3.05, 3.63) is 199 Å². The summed E-state index contributed by atoms with van der Waals surface area (Å²) < 4.78 is 6.44. The van der Waals surface area contributed by atoms with Gasteiger partial charge in [0.05, 0.1) is 5.69 Å². The number of hydrogen-bond acceptors (Lipinski definition) is 2. The maximum absolute atomic E-state index is 6.44. The quantitative estimate of drug-likeness (QED) is 0.177. The first-order valence-electron chi connectivity index (χ1n) is 19.1. The molecule has 1 aromatic heterocycles. The van der Waals surface area contributed by atoms with Gasteiger partial charge in [0, 0.05) is 38.5 Å². The van der Waals surface area contributed by atoms with Crippen LogP contribution in [-0.4, -0.2) is 0 Å². The number of anilines is 3. The Balaban J connectivity index is 1.05. The SMILES string of the molecule is CC1(C)c2ccccc2-c2ccc(N(c3ccc(-c4ccc5oc6c7ccccc7ccc6c5c4)cc3)c3ccccc3-c3ccc4ccccc4c3)cc21. The van der Waals surface area contributed by atoms with Crippen LogP contribution in [0, 0.1) is 0 Å². The lowest BCUT2D eigenvalue weighted by Crippen LogP contribution is -2.16. The van der Waals surface area contributed by atoms with Gasteiger partial charge in [0.25, 0.3) is 0 Å². The highest BCUT2D eigenvalue weighted by Crippen LogP contribution is 2.51. The minimum Gasteiger partial charge on any atom is -0.455 e. The van der Waals surface area contributed by atoms with Gasteiger partial charge in [0.2, 0.25) is 0 Å². The molecular weight excluding hydrogens is 667 g/mol. The highest BCUT2D eigenvalue weighted by molar-refractivity contribution is 6.15. The van der Waals surface area contributed by atoms with Crippen molar-refractivity contribution in [3.8, 4) is 33.4 Å². The van der Waals surface area contributed by atoms with Crippen molar-refractivity contribution >= 4 is 60.5 Å². The monoisotopic (exact) mass is 703 g/mol. The lowest BCUT2D eigenvalue weighted by Gasteiger charge is -2.30. The normalized spacial score (nSPS) is 13.1. The molecule has 0 saturated heterocycles. The molecule has 0 fully saturated rings. The number of fused-ring (bicyclic) bond motifs is 9. The van der Waals surface area contributed by atoms with Crippen molar-refractivity contribution in [3.63, 3.8) is 0 Å². The predicted molar refractivity (Wildman–Crippen MR) is 232 cm³/mol. The van der Waals surface area contributed by atoms with Crippen LogP contribution in [0.25, 0.3) is 76.9 Å². The third-order valence-corrected chi connectivity index (χ3v) is 11.9. The highest BCUT2D eigenvalue weighted by atomic mass is 16.3. The molecule has 1 aliphatic rings. The van der Waals surface area contributed by atoms with E-state index in [1.807, 2.05) is 0 Å².